The van der Waals surface area contributed by atoms with Crippen molar-refractivity contribution in [1.82, 2.24) is 10.2 Å². The van der Waals surface area contributed by atoms with Gasteiger partial charge in [-0.05, 0) is 56.0 Å². The van der Waals surface area contributed by atoms with Crippen LogP contribution in [-0.2, 0) is 17.8 Å². The zero-order valence-corrected chi connectivity index (χ0v) is 15.9. The van der Waals surface area contributed by atoms with E-state index in [1.165, 1.54) is 5.56 Å². The Labute approximate surface area is 161 Å². The van der Waals surface area contributed by atoms with Crippen LogP contribution in [0.2, 0.25) is 5.02 Å². The van der Waals surface area contributed by atoms with Gasteiger partial charge < -0.3 is 5.32 Å². The average Bonchev–Trinajstić information content (AvgIpc) is 2.68. The van der Waals surface area contributed by atoms with E-state index in [0.717, 1.165) is 62.4 Å². The number of halogens is 1. The van der Waals surface area contributed by atoms with Crippen LogP contribution in [-0.4, -0.2) is 30.4 Å². The van der Waals surface area contributed by atoms with Crippen LogP contribution in [0.15, 0.2) is 54.6 Å². The van der Waals surface area contributed by atoms with Crippen molar-refractivity contribution in [2.75, 3.05) is 19.6 Å². The molecule has 0 radical (unpaired) electrons. The first-order chi connectivity index (χ1) is 12.7. The van der Waals surface area contributed by atoms with Crippen molar-refractivity contribution in [3.63, 3.8) is 0 Å². The highest BCUT2D eigenvalue weighted by Gasteiger charge is 2.24. The van der Waals surface area contributed by atoms with Gasteiger partial charge in [-0.1, -0.05) is 60.1 Å². The molecule has 0 bridgehead atoms. The summed E-state index contributed by atoms with van der Waals surface area (Å²) in [6, 6.07) is 18.4. The molecule has 1 heterocycles. The average molecular weight is 371 g/mol. The number of likely N-dealkylation sites (tertiary alicyclic amines) is 1. The summed E-state index contributed by atoms with van der Waals surface area (Å²) in [6.07, 6.45) is 3.85. The monoisotopic (exact) mass is 370 g/mol. The second-order valence-electron chi connectivity index (χ2n) is 7.02. The second kappa shape index (κ2) is 9.75. The molecule has 2 aromatic carbocycles. The van der Waals surface area contributed by atoms with Crippen molar-refractivity contribution in [2.24, 2.45) is 5.92 Å². The molecule has 1 fully saturated rings. The number of nitrogens with zero attached hydrogens (tertiary/aromatic N) is 1. The van der Waals surface area contributed by atoms with Gasteiger partial charge in [0.1, 0.15) is 0 Å². The number of hydrogen-bond acceptors (Lipinski definition) is 2. The minimum Gasteiger partial charge on any atom is -0.356 e. The molecule has 2 aromatic rings. The Balaban J connectivity index is 1.35. The Kier molecular flexibility index (Phi) is 7.10. The summed E-state index contributed by atoms with van der Waals surface area (Å²) < 4.78 is 0. The molecule has 0 aromatic heterocycles. The number of nitrogens with one attached hydrogen (secondary N) is 1. The maximum Gasteiger partial charge on any atom is 0.223 e. The maximum absolute atomic E-state index is 12.4. The predicted molar refractivity (Wildman–Crippen MR) is 107 cm³/mol. The van der Waals surface area contributed by atoms with Gasteiger partial charge in [-0.3, -0.25) is 9.69 Å². The lowest BCUT2D eigenvalue weighted by atomic mass is 9.95. The molecular formula is C22H27ClN2O. The molecule has 0 unspecified atom stereocenters. The Morgan fingerprint density at radius 3 is 2.46 bits per heavy atom. The first kappa shape index (κ1) is 18.9. The Morgan fingerprint density at radius 1 is 1.04 bits per heavy atom. The van der Waals surface area contributed by atoms with E-state index in [-0.39, 0.29) is 11.8 Å². The summed E-state index contributed by atoms with van der Waals surface area (Å²) in [5.41, 5.74) is 2.49. The summed E-state index contributed by atoms with van der Waals surface area (Å²) in [4.78, 5) is 14.8. The summed E-state index contributed by atoms with van der Waals surface area (Å²) in [7, 11) is 0. The molecule has 3 nitrogen and oxygen atoms in total. The largest absolute Gasteiger partial charge is 0.356 e. The van der Waals surface area contributed by atoms with E-state index < -0.39 is 0 Å². The molecule has 1 aliphatic heterocycles. The van der Waals surface area contributed by atoms with Crippen molar-refractivity contribution in [3.8, 4) is 0 Å². The number of benzene rings is 2. The lowest BCUT2D eigenvalue weighted by Crippen LogP contribution is -2.40. The van der Waals surface area contributed by atoms with Crippen molar-refractivity contribution in [1.29, 1.82) is 0 Å². The van der Waals surface area contributed by atoms with Gasteiger partial charge in [-0.25, -0.2) is 0 Å². The SMILES string of the molecule is O=C(NCCCc1ccccc1)C1CCN(Cc2ccccc2Cl)CC1. The lowest BCUT2D eigenvalue weighted by molar-refractivity contribution is -0.126. The normalized spacial score (nSPS) is 15.7. The minimum absolute atomic E-state index is 0.147. The molecule has 0 spiro atoms. The molecule has 1 saturated heterocycles. The Bertz CT molecular complexity index is 696. The predicted octanol–water partition coefficient (Wildman–Crippen LogP) is 4.30. The van der Waals surface area contributed by atoms with Gasteiger partial charge in [-0.2, -0.15) is 0 Å². The van der Waals surface area contributed by atoms with E-state index in [1.54, 1.807) is 0 Å². The number of carbonyl (C=O) groups is 1. The van der Waals surface area contributed by atoms with Crippen molar-refractivity contribution >= 4 is 17.5 Å². The highest BCUT2D eigenvalue weighted by molar-refractivity contribution is 6.31. The standard InChI is InChI=1S/C22H27ClN2O/c23-21-11-5-4-10-20(21)17-25-15-12-19(13-16-25)22(26)24-14-6-9-18-7-2-1-3-8-18/h1-5,7-8,10-11,19H,6,9,12-17H2,(H,24,26). The van der Waals surface area contributed by atoms with Crippen molar-refractivity contribution in [2.45, 2.75) is 32.2 Å². The zero-order valence-electron chi connectivity index (χ0n) is 15.2. The third-order valence-electron chi connectivity index (χ3n) is 5.09. The number of amides is 1. The smallest absolute Gasteiger partial charge is 0.223 e. The first-order valence-electron chi connectivity index (χ1n) is 9.50. The molecule has 0 atom stereocenters. The van der Waals surface area contributed by atoms with Gasteiger partial charge in [0.05, 0.1) is 0 Å². The molecule has 1 aliphatic rings. The first-order valence-corrected chi connectivity index (χ1v) is 9.87. The molecule has 1 amide bonds. The fourth-order valence-electron chi connectivity index (χ4n) is 3.51. The van der Waals surface area contributed by atoms with Gasteiger partial charge >= 0.3 is 0 Å². The summed E-state index contributed by atoms with van der Waals surface area (Å²) >= 11 is 6.25. The highest BCUT2D eigenvalue weighted by atomic mass is 35.5. The third-order valence-corrected chi connectivity index (χ3v) is 5.46. The molecule has 0 saturated carbocycles. The fraction of sp³-hybridized carbons (Fsp3) is 0.409. The van der Waals surface area contributed by atoms with Crippen LogP contribution in [0.4, 0.5) is 0 Å². The van der Waals surface area contributed by atoms with Crippen molar-refractivity contribution < 1.29 is 4.79 Å². The Morgan fingerprint density at radius 2 is 1.73 bits per heavy atom. The van der Waals surface area contributed by atoms with E-state index in [4.69, 9.17) is 11.6 Å². The van der Waals surface area contributed by atoms with Gasteiger partial charge in [0.2, 0.25) is 5.91 Å². The molecular weight excluding hydrogens is 344 g/mol. The molecule has 4 heteroatoms. The van der Waals surface area contributed by atoms with Crippen LogP contribution < -0.4 is 5.32 Å². The molecule has 138 valence electrons. The van der Waals surface area contributed by atoms with E-state index in [9.17, 15) is 4.79 Å². The summed E-state index contributed by atoms with van der Waals surface area (Å²) in [6.45, 7) is 3.53. The van der Waals surface area contributed by atoms with E-state index in [0.29, 0.717) is 0 Å². The summed E-state index contributed by atoms with van der Waals surface area (Å²) in [5.74, 6) is 0.365. The van der Waals surface area contributed by atoms with Crippen LogP contribution in [0, 0.1) is 5.92 Å². The maximum atomic E-state index is 12.4. The fourth-order valence-corrected chi connectivity index (χ4v) is 3.71. The van der Waals surface area contributed by atoms with Crippen LogP contribution in [0.25, 0.3) is 0 Å². The number of piperidine rings is 1. The van der Waals surface area contributed by atoms with E-state index >= 15 is 0 Å². The summed E-state index contributed by atoms with van der Waals surface area (Å²) in [5, 5.41) is 3.94. The van der Waals surface area contributed by atoms with Crippen LogP contribution in [0.1, 0.15) is 30.4 Å². The van der Waals surface area contributed by atoms with Crippen LogP contribution in [0.5, 0.6) is 0 Å². The minimum atomic E-state index is 0.147. The quantitative estimate of drug-likeness (QED) is 0.737. The molecule has 26 heavy (non-hydrogen) atoms. The highest BCUT2D eigenvalue weighted by Crippen LogP contribution is 2.22. The zero-order chi connectivity index (χ0) is 18.2. The number of rotatable bonds is 7. The van der Waals surface area contributed by atoms with Gasteiger partial charge in [0.25, 0.3) is 0 Å². The number of aryl methyl sites for hydroxylation is 1. The van der Waals surface area contributed by atoms with E-state index in [1.807, 2.05) is 24.3 Å². The molecule has 0 aliphatic carbocycles. The Hall–Kier alpha value is -1.84. The lowest BCUT2D eigenvalue weighted by Gasteiger charge is -2.31. The van der Waals surface area contributed by atoms with Gasteiger partial charge in [0.15, 0.2) is 0 Å². The number of carbonyl (C=O) groups excluding carboxylic acids is 1. The van der Waals surface area contributed by atoms with Crippen LogP contribution >= 0.6 is 11.6 Å². The van der Waals surface area contributed by atoms with Gasteiger partial charge in [0, 0.05) is 24.0 Å². The number of hydrogen-bond donors (Lipinski definition) is 1. The molecule has 3 rings (SSSR count). The third kappa shape index (κ3) is 5.58. The van der Waals surface area contributed by atoms with Crippen LogP contribution in [0.3, 0.4) is 0 Å². The topological polar surface area (TPSA) is 32.3 Å². The van der Waals surface area contributed by atoms with Gasteiger partial charge in [-0.15, -0.1) is 0 Å². The van der Waals surface area contributed by atoms with Crippen molar-refractivity contribution in [3.05, 3.63) is 70.7 Å². The second-order valence-corrected chi connectivity index (χ2v) is 7.43. The molecule has 1 N–H and O–H groups in total. The van der Waals surface area contributed by atoms with E-state index in [2.05, 4.69) is 40.5 Å².